The van der Waals surface area contributed by atoms with Gasteiger partial charge in [0.25, 0.3) is 0 Å². The summed E-state index contributed by atoms with van der Waals surface area (Å²) in [4.78, 5) is 29.6. The molecule has 0 atom stereocenters. The second kappa shape index (κ2) is 22.2. The molecular formula is C33H52ClKN6O9S2. The molecule has 5 rings (SSSR count). The van der Waals surface area contributed by atoms with Crippen LogP contribution in [-0.4, -0.2) is 130 Å². The van der Waals surface area contributed by atoms with E-state index < -0.39 is 20.0 Å². The molecule has 3 fully saturated rings. The van der Waals surface area contributed by atoms with Crippen molar-refractivity contribution in [3.8, 4) is 0 Å². The van der Waals surface area contributed by atoms with Crippen LogP contribution in [0.5, 0.6) is 0 Å². The Bertz CT molecular complexity index is 1690. The number of aliphatic hydroxyl groups is 2. The van der Waals surface area contributed by atoms with E-state index >= 15 is 0 Å². The number of anilines is 4. The SMILES string of the molecule is C.CS(=O)(=O)N1CCN(c2ccc(N3CCCC3=O)cc2CO)CC1.CS(=O)(=O)N1CCN(c2ccc(NC(=O)CCCCl)cc2CO)CC1.[K+].[OH-]. The predicted octanol–water partition coefficient (Wildman–Crippen LogP) is -0.931. The number of rotatable bonds is 11. The summed E-state index contributed by atoms with van der Waals surface area (Å²) < 4.78 is 49.3. The van der Waals surface area contributed by atoms with Crippen LogP contribution in [0.4, 0.5) is 22.7 Å². The molecule has 0 bridgehead atoms. The van der Waals surface area contributed by atoms with Crippen LogP contribution in [0.3, 0.4) is 0 Å². The minimum atomic E-state index is -3.17. The zero-order valence-corrected chi connectivity index (χ0v) is 35.0. The summed E-state index contributed by atoms with van der Waals surface area (Å²) in [5.74, 6) is 0.445. The molecule has 0 radical (unpaired) electrons. The van der Waals surface area contributed by atoms with Crippen molar-refractivity contribution in [1.82, 2.24) is 8.61 Å². The summed E-state index contributed by atoms with van der Waals surface area (Å²) >= 11 is 5.58. The van der Waals surface area contributed by atoms with Crippen molar-refractivity contribution < 1.29 is 93.5 Å². The Labute approximate surface area is 356 Å². The van der Waals surface area contributed by atoms with Crippen LogP contribution >= 0.6 is 11.6 Å². The number of halogens is 1. The molecule has 19 heteroatoms. The number of sulfonamides is 2. The van der Waals surface area contributed by atoms with E-state index in [-0.39, 0.29) is 89.3 Å². The first kappa shape index (κ1) is 48.6. The van der Waals surface area contributed by atoms with E-state index in [2.05, 4.69) is 10.2 Å². The summed E-state index contributed by atoms with van der Waals surface area (Å²) in [6, 6.07) is 11.1. The average molecular weight is 815 g/mol. The minimum absolute atomic E-state index is 0. The first-order chi connectivity index (χ1) is 23.2. The number of amides is 2. The van der Waals surface area contributed by atoms with E-state index in [1.807, 2.05) is 29.2 Å². The van der Waals surface area contributed by atoms with Crippen molar-refractivity contribution in [3.05, 3.63) is 47.5 Å². The van der Waals surface area contributed by atoms with Crippen molar-refractivity contribution in [1.29, 1.82) is 0 Å². The molecule has 288 valence electrons. The largest absolute Gasteiger partial charge is 1.00 e. The standard InChI is InChI=1S/C16H24ClN3O4S.C16H23N3O4S.CH4.K.H2O/c1-25(23,24)20-9-7-19(8-10-20)15-5-4-14(11-13(15)12-21)18-16(22)3-2-6-17;1-24(22,23)18-9-7-17(8-10-18)15-5-4-14(11-13(15)12-20)19-6-2-3-16(19)21;;;/h4-5,11,21H,2-3,6-10,12H2,1H3,(H,18,22);4-5,11,20H,2-3,6-10,12H2,1H3;1H4;;1H2/q;;;+1;/p-1. The number of carbonyl (C=O) groups is 2. The van der Waals surface area contributed by atoms with Crippen LogP contribution < -0.4 is 71.4 Å². The van der Waals surface area contributed by atoms with Crippen LogP contribution in [0.2, 0.25) is 0 Å². The number of piperazine rings is 2. The Hall–Kier alpha value is -1.39. The monoisotopic (exact) mass is 814 g/mol. The quantitative estimate of drug-likeness (QED) is 0.187. The van der Waals surface area contributed by atoms with Gasteiger partial charge in [-0.25, -0.2) is 16.8 Å². The van der Waals surface area contributed by atoms with Gasteiger partial charge in [-0.2, -0.15) is 8.61 Å². The summed E-state index contributed by atoms with van der Waals surface area (Å²) in [5.41, 5.74) is 4.67. The second-order valence-corrected chi connectivity index (χ2v) is 16.6. The van der Waals surface area contributed by atoms with Crippen molar-refractivity contribution >= 4 is 66.2 Å². The number of hydrogen-bond donors (Lipinski definition) is 3. The number of nitrogens with one attached hydrogen (secondary N) is 1. The third kappa shape index (κ3) is 13.4. The van der Waals surface area contributed by atoms with Gasteiger partial charge < -0.3 is 35.7 Å². The first-order valence-electron chi connectivity index (χ1n) is 16.3. The maximum absolute atomic E-state index is 11.9. The van der Waals surface area contributed by atoms with E-state index in [1.54, 1.807) is 17.0 Å². The van der Waals surface area contributed by atoms with Crippen molar-refractivity contribution in [2.45, 2.75) is 46.3 Å². The van der Waals surface area contributed by atoms with Crippen molar-refractivity contribution in [3.63, 3.8) is 0 Å². The molecule has 15 nitrogen and oxygen atoms in total. The number of alkyl halides is 1. The smallest absolute Gasteiger partial charge is 0.870 e. The van der Waals surface area contributed by atoms with Crippen molar-refractivity contribution in [2.75, 3.05) is 97.3 Å². The Morgan fingerprint density at radius 3 is 1.69 bits per heavy atom. The number of carbonyl (C=O) groups excluding carboxylic acids is 2. The maximum atomic E-state index is 11.9. The Kier molecular flexibility index (Phi) is 20.8. The molecule has 4 N–H and O–H groups in total. The normalized spacial score (nSPS) is 16.9. The Morgan fingerprint density at radius 2 is 1.27 bits per heavy atom. The van der Waals surface area contributed by atoms with Gasteiger partial charge in [0.05, 0.1) is 25.7 Å². The molecule has 3 heterocycles. The van der Waals surface area contributed by atoms with Gasteiger partial charge in [-0.15, -0.1) is 11.6 Å². The fourth-order valence-corrected chi connectivity index (χ4v) is 7.95. The number of hydrogen-bond acceptors (Lipinski definition) is 11. The van der Waals surface area contributed by atoms with Crippen LogP contribution in [-0.2, 0) is 42.8 Å². The molecule has 52 heavy (non-hydrogen) atoms. The molecule has 0 saturated carbocycles. The molecule has 0 aliphatic carbocycles. The van der Waals surface area contributed by atoms with Gasteiger partial charge in [-0.05, 0) is 49.2 Å². The van der Waals surface area contributed by atoms with E-state index in [9.17, 15) is 36.6 Å². The molecule has 0 spiro atoms. The topological polar surface area (TPSA) is 201 Å². The zero-order valence-electron chi connectivity index (χ0n) is 29.5. The molecule has 0 unspecified atom stereocenters. The number of benzene rings is 2. The van der Waals surface area contributed by atoms with E-state index in [4.69, 9.17) is 11.6 Å². The van der Waals surface area contributed by atoms with E-state index in [0.29, 0.717) is 88.8 Å². The third-order valence-electron chi connectivity index (χ3n) is 8.79. The predicted molar refractivity (Wildman–Crippen MR) is 201 cm³/mol. The third-order valence-corrected chi connectivity index (χ3v) is 11.7. The van der Waals surface area contributed by atoms with Crippen molar-refractivity contribution in [2.24, 2.45) is 0 Å². The summed E-state index contributed by atoms with van der Waals surface area (Å²) in [6.07, 6.45) is 4.84. The van der Waals surface area contributed by atoms with Crippen LogP contribution in [0.15, 0.2) is 36.4 Å². The fraction of sp³-hybridized carbons (Fsp3) is 0.576. The van der Waals surface area contributed by atoms with Gasteiger partial charge in [0.1, 0.15) is 0 Å². The molecule has 2 aromatic rings. The summed E-state index contributed by atoms with van der Waals surface area (Å²) in [6.45, 7) is 4.45. The summed E-state index contributed by atoms with van der Waals surface area (Å²) in [5, 5.41) is 22.2. The van der Waals surface area contributed by atoms with E-state index in [1.165, 1.54) is 21.1 Å². The Balaban J connectivity index is 0.000000492. The van der Waals surface area contributed by atoms with Crippen LogP contribution in [0, 0.1) is 0 Å². The van der Waals surface area contributed by atoms with Gasteiger partial charge >= 0.3 is 51.4 Å². The maximum Gasteiger partial charge on any atom is 1.00 e. The number of aliphatic hydroxyl groups excluding tert-OH is 2. The van der Waals surface area contributed by atoms with Gasteiger partial charge in [0.2, 0.25) is 31.9 Å². The van der Waals surface area contributed by atoms with Gasteiger partial charge in [-0.3, -0.25) is 9.59 Å². The Morgan fingerprint density at radius 1 is 0.788 bits per heavy atom. The molecule has 0 aromatic heterocycles. The van der Waals surface area contributed by atoms with Gasteiger partial charge in [-0.1, -0.05) is 7.43 Å². The molecule has 3 saturated heterocycles. The van der Waals surface area contributed by atoms with Crippen LogP contribution in [0.1, 0.15) is 44.2 Å². The molecule has 2 amide bonds. The second-order valence-electron chi connectivity index (χ2n) is 12.3. The fourth-order valence-electron chi connectivity index (χ4n) is 6.17. The molecule has 2 aromatic carbocycles. The van der Waals surface area contributed by atoms with Gasteiger partial charge in [0, 0.05) is 112 Å². The first-order valence-corrected chi connectivity index (χ1v) is 20.5. The molecule has 3 aliphatic rings. The van der Waals surface area contributed by atoms with E-state index in [0.717, 1.165) is 35.6 Å². The number of nitrogens with zero attached hydrogens (tertiary/aromatic N) is 5. The zero-order chi connectivity index (χ0) is 35.8. The molecular weight excluding hydrogens is 763 g/mol. The van der Waals surface area contributed by atoms with Gasteiger partial charge in [0.15, 0.2) is 0 Å². The summed E-state index contributed by atoms with van der Waals surface area (Å²) in [7, 11) is -6.33. The molecule has 3 aliphatic heterocycles. The average Bonchev–Trinajstić information content (AvgIpc) is 3.52. The van der Waals surface area contributed by atoms with Crippen LogP contribution in [0.25, 0.3) is 0 Å². The minimum Gasteiger partial charge on any atom is -0.870 e.